The Morgan fingerprint density at radius 2 is 2.10 bits per heavy atom. The lowest BCUT2D eigenvalue weighted by Crippen LogP contribution is -2.06. The molecule has 0 bridgehead atoms. The van der Waals surface area contributed by atoms with Crippen LogP contribution in [0.2, 0.25) is 0 Å². The summed E-state index contributed by atoms with van der Waals surface area (Å²) >= 11 is 0. The number of nitrogens with two attached hydrogens (primary N) is 1. The third-order valence-corrected chi connectivity index (χ3v) is 2.62. The van der Waals surface area contributed by atoms with Gasteiger partial charge in [-0.2, -0.15) is 0 Å². The van der Waals surface area contributed by atoms with E-state index in [4.69, 9.17) is 5.73 Å². The lowest BCUT2D eigenvalue weighted by atomic mass is 10.1. The van der Waals surface area contributed by atoms with Crippen molar-refractivity contribution < 1.29 is 18.3 Å². The van der Waals surface area contributed by atoms with E-state index < -0.39 is 12.4 Å². The molecule has 7 heteroatoms. The number of alkyl halides is 2. The molecular weight excluding hydrogens is 268 g/mol. The third kappa shape index (κ3) is 2.71. The molecule has 0 aliphatic carbocycles. The minimum atomic E-state index is -2.68. The molecule has 5 nitrogen and oxygen atoms in total. The molecule has 0 radical (unpaired) electrons. The van der Waals surface area contributed by atoms with E-state index in [1.165, 1.54) is 31.5 Å². The highest BCUT2D eigenvalue weighted by Gasteiger charge is 2.14. The molecule has 0 aliphatic heterocycles. The average molecular weight is 279 g/mol. The van der Waals surface area contributed by atoms with Crippen LogP contribution in [0.15, 0.2) is 30.5 Å². The average Bonchev–Trinajstić information content (AvgIpc) is 2.46. The van der Waals surface area contributed by atoms with E-state index in [1.807, 2.05) is 0 Å². The van der Waals surface area contributed by atoms with Gasteiger partial charge in [0.05, 0.1) is 12.7 Å². The monoisotopic (exact) mass is 279 g/mol. The summed E-state index contributed by atoms with van der Waals surface area (Å²) in [5, 5.41) is 0. The van der Waals surface area contributed by atoms with E-state index in [0.29, 0.717) is 5.56 Å². The first kappa shape index (κ1) is 13.9. The smallest absolute Gasteiger partial charge is 0.339 e. The molecule has 2 aromatic rings. The second-order valence-electron chi connectivity index (χ2n) is 3.90. The predicted molar refractivity (Wildman–Crippen MR) is 68.2 cm³/mol. The number of nitrogen functional groups attached to an aromatic ring is 1. The number of carbonyl (C=O) groups excluding carboxylic acids is 1. The number of nitrogens with zero attached hydrogens (tertiary/aromatic N) is 2. The molecular formula is C13H11F2N3O2. The summed E-state index contributed by atoms with van der Waals surface area (Å²) in [6.07, 6.45) is -1.43. The fraction of sp³-hybridized carbons (Fsp3) is 0.154. The molecule has 104 valence electrons. The van der Waals surface area contributed by atoms with E-state index >= 15 is 0 Å². The number of aromatic nitrogens is 2. The van der Waals surface area contributed by atoms with Crippen molar-refractivity contribution in [1.29, 1.82) is 0 Å². The Morgan fingerprint density at radius 3 is 2.70 bits per heavy atom. The molecule has 2 N–H and O–H groups in total. The maximum absolute atomic E-state index is 12.6. The minimum absolute atomic E-state index is 0.117. The maximum Gasteiger partial charge on any atom is 0.339 e. The van der Waals surface area contributed by atoms with Gasteiger partial charge in [-0.25, -0.2) is 23.5 Å². The number of esters is 1. The van der Waals surface area contributed by atoms with Crippen molar-refractivity contribution in [2.45, 2.75) is 6.43 Å². The summed E-state index contributed by atoms with van der Waals surface area (Å²) in [4.78, 5) is 19.0. The zero-order chi connectivity index (χ0) is 14.7. The molecule has 0 spiro atoms. The summed E-state index contributed by atoms with van der Waals surface area (Å²) in [6, 6.07) is 5.54. The normalized spacial score (nSPS) is 10.6. The van der Waals surface area contributed by atoms with Crippen LogP contribution in [0, 0.1) is 0 Å². The van der Waals surface area contributed by atoms with Crippen molar-refractivity contribution in [3.8, 4) is 11.4 Å². The second-order valence-corrected chi connectivity index (χ2v) is 3.90. The van der Waals surface area contributed by atoms with Crippen molar-refractivity contribution in [3.63, 3.8) is 0 Å². The number of anilines is 1. The Balaban J connectivity index is 2.41. The zero-order valence-electron chi connectivity index (χ0n) is 10.5. The molecule has 2 rings (SSSR count). The van der Waals surface area contributed by atoms with E-state index in [0.717, 1.165) is 6.07 Å². The van der Waals surface area contributed by atoms with Gasteiger partial charge in [-0.15, -0.1) is 0 Å². The molecule has 0 amide bonds. The van der Waals surface area contributed by atoms with Crippen LogP contribution in [0.1, 0.15) is 22.5 Å². The second kappa shape index (κ2) is 5.60. The number of methoxy groups -OCH3 is 1. The Morgan fingerprint density at radius 1 is 1.35 bits per heavy atom. The fourth-order valence-corrected chi connectivity index (χ4v) is 1.63. The van der Waals surface area contributed by atoms with Gasteiger partial charge in [0.15, 0.2) is 5.82 Å². The highest BCUT2D eigenvalue weighted by atomic mass is 19.3. The van der Waals surface area contributed by atoms with Crippen LogP contribution in [0.4, 0.5) is 14.5 Å². The number of halogens is 2. The molecule has 1 heterocycles. The quantitative estimate of drug-likeness (QED) is 0.689. The van der Waals surface area contributed by atoms with E-state index in [1.54, 1.807) is 0 Å². The minimum Gasteiger partial charge on any atom is -0.465 e. The summed E-state index contributed by atoms with van der Waals surface area (Å²) in [5.74, 6) is -0.456. The molecule has 0 saturated carbocycles. The summed E-state index contributed by atoms with van der Waals surface area (Å²) < 4.78 is 29.7. The highest BCUT2D eigenvalue weighted by molar-refractivity contribution is 5.95. The first-order valence-corrected chi connectivity index (χ1v) is 5.62. The Bertz CT molecular complexity index is 647. The molecule has 1 aromatic carbocycles. The van der Waals surface area contributed by atoms with Crippen molar-refractivity contribution in [3.05, 3.63) is 41.7 Å². The molecule has 0 saturated heterocycles. The summed E-state index contributed by atoms with van der Waals surface area (Å²) in [6.45, 7) is 0. The van der Waals surface area contributed by atoms with Gasteiger partial charge in [-0.3, -0.25) is 0 Å². The number of rotatable bonds is 3. The van der Waals surface area contributed by atoms with E-state index in [2.05, 4.69) is 14.7 Å². The van der Waals surface area contributed by atoms with Crippen LogP contribution in [0.3, 0.4) is 0 Å². The number of hydrogen-bond acceptors (Lipinski definition) is 5. The molecule has 0 unspecified atom stereocenters. The number of benzene rings is 1. The first-order valence-electron chi connectivity index (χ1n) is 5.62. The number of ether oxygens (including phenoxy) is 1. The summed E-state index contributed by atoms with van der Waals surface area (Å²) in [5.41, 5.74) is 6.16. The van der Waals surface area contributed by atoms with Crippen LogP contribution < -0.4 is 5.73 Å². The Labute approximate surface area is 113 Å². The van der Waals surface area contributed by atoms with E-state index in [9.17, 15) is 13.6 Å². The lowest BCUT2D eigenvalue weighted by molar-refractivity contribution is 0.0602. The zero-order valence-corrected chi connectivity index (χ0v) is 10.5. The van der Waals surface area contributed by atoms with Gasteiger partial charge in [0.25, 0.3) is 6.43 Å². The van der Waals surface area contributed by atoms with Gasteiger partial charge in [-0.1, -0.05) is 6.07 Å². The van der Waals surface area contributed by atoms with Gasteiger partial charge in [0, 0.05) is 17.4 Å². The van der Waals surface area contributed by atoms with Crippen LogP contribution >= 0.6 is 0 Å². The first-order chi connectivity index (χ1) is 9.52. The molecule has 0 atom stereocenters. The van der Waals surface area contributed by atoms with Crippen molar-refractivity contribution in [2.24, 2.45) is 0 Å². The van der Waals surface area contributed by atoms with Crippen LogP contribution in [-0.2, 0) is 4.74 Å². The SMILES string of the molecule is COC(=O)c1ccc(-c2nccc(C(F)F)n2)cc1N. The predicted octanol–water partition coefficient (Wildman–Crippen LogP) is 2.45. The topological polar surface area (TPSA) is 78.1 Å². The van der Waals surface area contributed by atoms with Gasteiger partial charge < -0.3 is 10.5 Å². The highest BCUT2D eigenvalue weighted by Crippen LogP contribution is 2.24. The van der Waals surface area contributed by atoms with Gasteiger partial charge in [0.1, 0.15) is 5.69 Å². The molecule has 1 aromatic heterocycles. The molecule has 20 heavy (non-hydrogen) atoms. The largest absolute Gasteiger partial charge is 0.465 e. The van der Waals surface area contributed by atoms with Gasteiger partial charge in [0.2, 0.25) is 0 Å². The van der Waals surface area contributed by atoms with Crippen molar-refractivity contribution in [1.82, 2.24) is 9.97 Å². The van der Waals surface area contributed by atoms with Crippen LogP contribution in [0.25, 0.3) is 11.4 Å². The lowest BCUT2D eigenvalue weighted by Gasteiger charge is -2.07. The van der Waals surface area contributed by atoms with E-state index in [-0.39, 0.29) is 22.8 Å². The van der Waals surface area contributed by atoms with Gasteiger partial charge in [-0.05, 0) is 18.2 Å². The maximum atomic E-state index is 12.6. The Hall–Kier alpha value is -2.57. The van der Waals surface area contributed by atoms with Gasteiger partial charge >= 0.3 is 5.97 Å². The van der Waals surface area contributed by atoms with Crippen molar-refractivity contribution >= 4 is 11.7 Å². The third-order valence-electron chi connectivity index (χ3n) is 2.62. The van der Waals surface area contributed by atoms with Crippen molar-refractivity contribution in [2.75, 3.05) is 12.8 Å². The Kier molecular flexibility index (Phi) is 3.88. The molecule has 0 fully saturated rings. The van der Waals surface area contributed by atoms with Crippen LogP contribution in [0.5, 0.6) is 0 Å². The standard InChI is InChI=1S/C13H11F2N3O2/c1-20-13(19)8-3-2-7(6-9(8)16)12-17-5-4-10(18-12)11(14)15/h2-6,11H,16H2,1H3. The number of hydrogen-bond donors (Lipinski definition) is 1. The fourth-order valence-electron chi connectivity index (χ4n) is 1.63. The number of carbonyl (C=O) groups is 1. The summed E-state index contributed by atoms with van der Waals surface area (Å²) in [7, 11) is 1.24. The van der Waals surface area contributed by atoms with Crippen LogP contribution in [-0.4, -0.2) is 23.0 Å². The molecule has 0 aliphatic rings.